The van der Waals surface area contributed by atoms with Crippen LogP contribution in [0, 0.1) is 0 Å². The molecule has 9 nitrogen and oxygen atoms in total. The van der Waals surface area contributed by atoms with Crippen LogP contribution in [0.2, 0.25) is 0 Å². The van der Waals surface area contributed by atoms with Gasteiger partial charge in [-0.15, -0.1) is 0 Å². The van der Waals surface area contributed by atoms with Gasteiger partial charge in [0.05, 0.1) is 0 Å². The summed E-state index contributed by atoms with van der Waals surface area (Å²) in [6, 6.07) is 0. The Balaban J connectivity index is 1.59. The van der Waals surface area contributed by atoms with E-state index in [2.05, 4.69) is 5.10 Å². The summed E-state index contributed by atoms with van der Waals surface area (Å²) in [6.45, 7) is 2.46. The Morgan fingerprint density at radius 3 is 2.04 bits per heavy atom. The number of nitrogens with zero attached hydrogens (tertiary/aromatic N) is 5. The quantitative estimate of drug-likeness (QED) is 0.676. The number of carbonyl (C=O) groups is 2. The summed E-state index contributed by atoms with van der Waals surface area (Å²) < 4.78 is 28.7. The molecule has 2 amide bonds. The highest BCUT2D eigenvalue weighted by Gasteiger charge is 2.35. The van der Waals surface area contributed by atoms with E-state index in [4.69, 9.17) is 0 Å². The van der Waals surface area contributed by atoms with Gasteiger partial charge < -0.3 is 4.90 Å². The maximum atomic E-state index is 12.8. The fourth-order valence-electron chi connectivity index (χ4n) is 3.56. The Bertz CT molecular complexity index is 677. The molecule has 10 heteroatoms. The minimum Gasteiger partial charge on any atom is -0.335 e. The van der Waals surface area contributed by atoms with Crippen LogP contribution in [0.1, 0.15) is 38.5 Å². The molecule has 3 aliphatic rings. The monoisotopic (exact) mass is 385 g/mol. The minimum atomic E-state index is -3.45. The van der Waals surface area contributed by atoms with Crippen LogP contribution in [0.4, 0.5) is 0 Å². The fraction of sp³-hybridized carbons (Fsp3) is 0.812. The third-order valence-corrected chi connectivity index (χ3v) is 7.23. The first-order valence-corrected chi connectivity index (χ1v) is 10.7. The number of amides is 2. The van der Waals surface area contributed by atoms with Crippen molar-refractivity contribution in [2.45, 2.75) is 38.5 Å². The van der Waals surface area contributed by atoms with Crippen molar-refractivity contribution in [1.29, 1.82) is 0 Å². The van der Waals surface area contributed by atoms with Gasteiger partial charge in [-0.3, -0.25) is 9.59 Å². The molecule has 2 saturated heterocycles. The van der Waals surface area contributed by atoms with Crippen molar-refractivity contribution in [3.05, 3.63) is 0 Å². The fourth-order valence-corrected chi connectivity index (χ4v) is 5.23. The van der Waals surface area contributed by atoms with Crippen molar-refractivity contribution in [1.82, 2.24) is 18.5 Å². The average molecular weight is 385 g/mol. The summed E-state index contributed by atoms with van der Waals surface area (Å²) in [5.41, 5.74) is 0.371. The Hall–Kier alpha value is -1.52. The maximum absolute atomic E-state index is 12.8. The Kier molecular flexibility index (Phi) is 5.93. The molecule has 0 saturated carbocycles. The van der Waals surface area contributed by atoms with E-state index in [1.165, 1.54) is 9.31 Å². The molecule has 0 aliphatic carbocycles. The first-order chi connectivity index (χ1) is 12.4. The number of rotatable bonds is 3. The third kappa shape index (κ3) is 4.07. The molecule has 3 heterocycles. The predicted molar refractivity (Wildman–Crippen MR) is 96.6 cm³/mol. The van der Waals surface area contributed by atoms with E-state index >= 15 is 0 Å². The molecule has 0 atom stereocenters. The van der Waals surface area contributed by atoms with E-state index in [0.29, 0.717) is 51.4 Å². The summed E-state index contributed by atoms with van der Waals surface area (Å²) in [5.74, 6) is -0.300. The molecule has 3 rings (SSSR count). The molecule has 0 aromatic rings. The van der Waals surface area contributed by atoms with Crippen LogP contribution in [-0.2, 0) is 19.8 Å². The second-order valence-electron chi connectivity index (χ2n) is 6.98. The Labute approximate surface area is 154 Å². The maximum Gasteiger partial charge on any atom is 0.282 e. The number of piperazine rings is 1. The zero-order chi connectivity index (χ0) is 18.7. The van der Waals surface area contributed by atoms with E-state index in [-0.39, 0.29) is 18.2 Å². The largest absolute Gasteiger partial charge is 0.335 e. The van der Waals surface area contributed by atoms with Gasteiger partial charge in [0.15, 0.2) is 0 Å². The van der Waals surface area contributed by atoms with Gasteiger partial charge in [0.25, 0.3) is 16.1 Å². The van der Waals surface area contributed by atoms with E-state index < -0.39 is 10.2 Å². The van der Waals surface area contributed by atoms with Crippen LogP contribution in [0.25, 0.3) is 0 Å². The van der Waals surface area contributed by atoms with Gasteiger partial charge >= 0.3 is 0 Å². The summed E-state index contributed by atoms with van der Waals surface area (Å²) in [6.07, 6.45) is 4.59. The molecule has 3 aliphatic heterocycles. The summed E-state index contributed by atoms with van der Waals surface area (Å²) in [7, 11) is -1.91. The van der Waals surface area contributed by atoms with Crippen molar-refractivity contribution >= 4 is 27.7 Å². The molecule has 0 unspecified atom stereocenters. The van der Waals surface area contributed by atoms with E-state index in [1.54, 1.807) is 16.3 Å². The summed E-state index contributed by atoms with van der Waals surface area (Å²) in [5, 5.41) is 5.26. The molecule has 0 aromatic carbocycles. The zero-order valence-corrected chi connectivity index (χ0v) is 16.1. The van der Waals surface area contributed by atoms with E-state index in [0.717, 1.165) is 25.7 Å². The number of hydrogen-bond acceptors (Lipinski definition) is 5. The highest BCUT2D eigenvalue weighted by atomic mass is 32.2. The molecule has 0 N–H and O–H groups in total. The number of carbonyl (C=O) groups excluding carboxylic acids is 2. The summed E-state index contributed by atoms with van der Waals surface area (Å²) >= 11 is 0. The lowest BCUT2D eigenvalue weighted by atomic mass is 10.1. The minimum absolute atomic E-state index is 0.102. The summed E-state index contributed by atoms with van der Waals surface area (Å²) in [4.78, 5) is 25.7. The molecular formula is C16H27N5O4S. The van der Waals surface area contributed by atoms with Crippen molar-refractivity contribution in [2.75, 3.05) is 46.3 Å². The highest BCUT2D eigenvalue weighted by molar-refractivity contribution is 7.86. The number of hydrazone groups is 1. The van der Waals surface area contributed by atoms with Gasteiger partial charge in [-0.2, -0.15) is 22.1 Å². The van der Waals surface area contributed by atoms with Crippen LogP contribution in [0.15, 0.2) is 5.10 Å². The van der Waals surface area contributed by atoms with Crippen molar-refractivity contribution in [3.63, 3.8) is 0 Å². The van der Waals surface area contributed by atoms with Gasteiger partial charge in [-0.25, -0.2) is 5.01 Å². The molecular weight excluding hydrogens is 358 g/mol. The lowest BCUT2D eigenvalue weighted by molar-refractivity contribution is -0.130. The Morgan fingerprint density at radius 2 is 1.46 bits per heavy atom. The van der Waals surface area contributed by atoms with E-state index in [1.807, 2.05) is 0 Å². The van der Waals surface area contributed by atoms with Gasteiger partial charge in [-0.05, 0) is 12.8 Å². The van der Waals surface area contributed by atoms with Crippen LogP contribution in [0.5, 0.6) is 0 Å². The standard InChI is InChI=1S/C16H27N5O4S/c1-18-15(22)7-6-14(17-18)16(23)19-10-12-21(13-11-19)26(24,25)20-8-4-2-3-5-9-20/h2-13H2,1H3. The predicted octanol–water partition coefficient (Wildman–Crippen LogP) is -0.140. The molecule has 0 spiro atoms. The van der Waals surface area contributed by atoms with Gasteiger partial charge in [0, 0.05) is 59.2 Å². The zero-order valence-electron chi connectivity index (χ0n) is 15.3. The van der Waals surface area contributed by atoms with Crippen molar-refractivity contribution in [3.8, 4) is 0 Å². The molecule has 26 heavy (non-hydrogen) atoms. The van der Waals surface area contributed by atoms with Crippen LogP contribution >= 0.6 is 0 Å². The highest BCUT2D eigenvalue weighted by Crippen LogP contribution is 2.18. The second kappa shape index (κ2) is 8.01. The van der Waals surface area contributed by atoms with E-state index in [9.17, 15) is 18.0 Å². The molecule has 2 fully saturated rings. The lowest BCUT2D eigenvalue weighted by Gasteiger charge is -2.37. The number of hydrogen-bond donors (Lipinski definition) is 0. The normalized spacial score (nSPS) is 24.3. The molecule has 0 bridgehead atoms. The molecule has 146 valence electrons. The smallest absolute Gasteiger partial charge is 0.282 e. The SMILES string of the molecule is CN1N=C(C(=O)N2CCN(S(=O)(=O)N3CCCCCC3)CC2)CCC1=O. The second-order valence-corrected chi connectivity index (χ2v) is 8.90. The molecule has 0 radical (unpaired) electrons. The van der Waals surface area contributed by atoms with Gasteiger partial charge in [0.2, 0.25) is 5.91 Å². The first-order valence-electron chi connectivity index (χ1n) is 9.28. The van der Waals surface area contributed by atoms with Crippen LogP contribution in [0.3, 0.4) is 0 Å². The van der Waals surface area contributed by atoms with Gasteiger partial charge in [-0.1, -0.05) is 12.8 Å². The van der Waals surface area contributed by atoms with Crippen LogP contribution in [-0.4, -0.2) is 90.8 Å². The topological polar surface area (TPSA) is 93.6 Å². The molecule has 0 aromatic heterocycles. The third-order valence-electron chi connectivity index (χ3n) is 5.20. The average Bonchev–Trinajstić information content (AvgIpc) is 2.93. The van der Waals surface area contributed by atoms with Crippen LogP contribution < -0.4 is 0 Å². The lowest BCUT2D eigenvalue weighted by Crippen LogP contribution is -2.55. The van der Waals surface area contributed by atoms with Crippen molar-refractivity contribution in [2.24, 2.45) is 5.10 Å². The first kappa shape index (κ1) is 19.2. The van der Waals surface area contributed by atoms with Crippen molar-refractivity contribution < 1.29 is 18.0 Å². The Morgan fingerprint density at radius 1 is 0.885 bits per heavy atom. The van der Waals surface area contributed by atoms with Gasteiger partial charge in [0.1, 0.15) is 5.71 Å².